The van der Waals surface area contributed by atoms with Gasteiger partial charge in [0, 0.05) is 4.47 Å². The molecule has 0 aromatic heterocycles. The van der Waals surface area contributed by atoms with Crippen molar-refractivity contribution in [2.24, 2.45) is 5.73 Å². The monoisotopic (exact) mass is 315 g/mol. The van der Waals surface area contributed by atoms with Gasteiger partial charge < -0.3 is 5.73 Å². The molecule has 1 aliphatic carbocycles. The first-order valence-corrected chi connectivity index (χ1v) is 7.64. The Morgan fingerprint density at radius 1 is 1.00 bits per heavy atom. The maximum atomic E-state index is 6.34. The van der Waals surface area contributed by atoms with Gasteiger partial charge in [0.15, 0.2) is 0 Å². The molecule has 0 spiro atoms. The first-order valence-electron chi connectivity index (χ1n) is 6.85. The Bertz CT molecular complexity index is 558. The van der Waals surface area contributed by atoms with E-state index in [-0.39, 0.29) is 6.04 Å². The fourth-order valence-electron chi connectivity index (χ4n) is 2.61. The predicted octanol–water partition coefficient (Wildman–Crippen LogP) is 4.76. The Morgan fingerprint density at radius 2 is 1.74 bits per heavy atom. The van der Waals surface area contributed by atoms with Crippen LogP contribution in [0.25, 0.3) is 0 Å². The van der Waals surface area contributed by atoms with E-state index >= 15 is 0 Å². The molecule has 1 unspecified atom stereocenters. The number of hydrogen-bond donors (Lipinski definition) is 1. The zero-order chi connectivity index (χ0) is 13.2. The summed E-state index contributed by atoms with van der Waals surface area (Å²) in [5.74, 6) is 0.788. The van der Waals surface area contributed by atoms with E-state index in [0.717, 1.165) is 16.0 Å². The third-order valence-corrected chi connectivity index (χ3v) is 4.57. The minimum absolute atomic E-state index is 0.0482. The Balaban J connectivity index is 1.81. The molecule has 1 nitrogen and oxygen atoms in total. The van der Waals surface area contributed by atoms with Crippen molar-refractivity contribution in [3.05, 3.63) is 69.7 Å². The normalized spacial score (nSPS) is 16.9. The molecule has 0 heterocycles. The van der Waals surface area contributed by atoms with E-state index in [1.165, 1.54) is 30.4 Å². The number of nitrogens with two attached hydrogens (primary N) is 1. The highest BCUT2D eigenvalue weighted by Crippen LogP contribution is 2.36. The van der Waals surface area contributed by atoms with E-state index in [2.05, 4.69) is 52.3 Å². The van der Waals surface area contributed by atoms with Crippen LogP contribution < -0.4 is 5.73 Å². The van der Waals surface area contributed by atoms with Crippen molar-refractivity contribution >= 4 is 15.9 Å². The molecule has 19 heavy (non-hydrogen) atoms. The molecule has 1 atom stereocenters. The molecule has 0 aliphatic heterocycles. The molecule has 2 N–H and O–H groups in total. The summed E-state index contributed by atoms with van der Waals surface area (Å²) in [6.07, 6.45) is 4.07. The molecule has 2 aromatic carbocycles. The van der Waals surface area contributed by atoms with Crippen LogP contribution in [-0.4, -0.2) is 0 Å². The molecule has 98 valence electrons. The van der Waals surface area contributed by atoms with Crippen LogP contribution in [-0.2, 0) is 0 Å². The Morgan fingerprint density at radius 3 is 2.32 bits per heavy atom. The summed E-state index contributed by atoms with van der Waals surface area (Å²) in [4.78, 5) is 0. The lowest BCUT2D eigenvalue weighted by Gasteiger charge is -2.26. The molecule has 1 saturated carbocycles. The summed E-state index contributed by atoms with van der Waals surface area (Å²) in [5, 5.41) is 0. The Labute approximate surface area is 123 Å². The highest BCUT2D eigenvalue weighted by Gasteiger charge is 2.19. The fraction of sp³-hybridized carbons (Fsp3) is 0.294. The van der Waals surface area contributed by atoms with Crippen molar-refractivity contribution < 1.29 is 0 Å². The van der Waals surface area contributed by atoms with Gasteiger partial charge >= 0.3 is 0 Å². The maximum Gasteiger partial charge on any atom is 0.0552 e. The van der Waals surface area contributed by atoms with Gasteiger partial charge in [0.25, 0.3) is 0 Å². The predicted molar refractivity (Wildman–Crippen MR) is 83.2 cm³/mol. The fourth-order valence-corrected chi connectivity index (χ4v) is 3.03. The zero-order valence-corrected chi connectivity index (χ0v) is 12.4. The molecule has 0 saturated heterocycles. The van der Waals surface area contributed by atoms with Crippen LogP contribution in [0.1, 0.15) is 47.9 Å². The minimum Gasteiger partial charge on any atom is -0.320 e. The van der Waals surface area contributed by atoms with Gasteiger partial charge in [-0.05, 0) is 47.6 Å². The first-order chi connectivity index (χ1) is 9.24. The van der Waals surface area contributed by atoms with Gasteiger partial charge in [-0.25, -0.2) is 0 Å². The number of hydrogen-bond acceptors (Lipinski definition) is 1. The third-order valence-electron chi connectivity index (χ3n) is 4.08. The van der Waals surface area contributed by atoms with Crippen LogP contribution in [0.15, 0.2) is 53.0 Å². The van der Waals surface area contributed by atoms with Crippen LogP contribution in [0.3, 0.4) is 0 Å². The van der Waals surface area contributed by atoms with E-state index in [1.54, 1.807) is 0 Å². The van der Waals surface area contributed by atoms with Crippen LogP contribution in [0, 0.1) is 0 Å². The van der Waals surface area contributed by atoms with Crippen molar-refractivity contribution in [3.63, 3.8) is 0 Å². The molecule has 0 bridgehead atoms. The van der Waals surface area contributed by atoms with Crippen molar-refractivity contribution in [3.8, 4) is 0 Å². The lowest BCUT2D eigenvalue weighted by atomic mass is 9.79. The van der Waals surface area contributed by atoms with E-state index in [1.807, 2.05) is 12.1 Å². The highest BCUT2D eigenvalue weighted by atomic mass is 79.9. The van der Waals surface area contributed by atoms with Crippen LogP contribution in [0.4, 0.5) is 0 Å². The van der Waals surface area contributed by atoms with Crippen LogP contribution in [0.2, 0.25) is 0 Å². The molecule has 1 aliphatic rings. The van der Waals surface area contributed by atoms with E-state index in [9.17, 15) is 0 Å². The van der Waals surface area contributed by atoms with Gasteiger partial charge in [0.05, 0.1) is 6.04 Å². The summed E-state index contributed by atoms with van der Waals surface area (Å²) in [6.45, 7) is 0. The van der Waals surface area contributed by atoms with Crippen molar-refractivity contribution in [2.75, 3.05) is 0 Å². The van der Waals surface area contributed by atoms with Gasteiger partial charge in [-0.3, -0.25) is 0 Å². The quantitative estimate of drug-likeness (QED) is 0.867. The van der Waals surface area contributed by atoms with Crippen molar-refractivity contribution in [2.45, 2.75) is 31.2 Å². The largest absolute Gasteiger partial charge is 0.320 e. The average molecular weight is 316 g/mol. The number of halogens is 1. The van der Waals surface area contributed by atoms with E-state index in [0.29, 0.717) is 0 Å². The molecule has 0 amide bonds. The molecule has 1 fully saturated rings. The average Bonchev–Trinajstić information content (AvgIpc) is 2.37. The first kappa shape index (κ1) is 12.9. The molecule has 0 radical (unpaired) electrons. The highest BCUT2D eigenvalue weighted by molar-refractivity contribution is 9.10. The van der Waals surface area contributed by atoms with E-state index in [4.69, 9.17) is 5.73 Å². The van der Waals surface area contributed by atoms with Gasteiger partial charge in [-0.1, -0.05) is 58.7 Å². The van der Waals surface area contributed by atoms with Crippen LogP contribution in [0.5, 0.6) is 0 Å². The smallest absolute Gasteiger partial charge is 0.0552 e. The molecule has 2 aromatic rings. The lowest BCUT2D eigenvalue weighted by molar-refractivity contribution is 0.419. The maximum absolute atomic E-state index is 6.34. The minimum atomic E-state index is -0.0482. The molecular weight excluding hydrogens is 298 g/mol. The third kappa shape index (κ3) is 2.75. The standard InChI is InChI=1S/C17H18BrN/c18-16-6-2-5-15(11-16)17(19)14-9-7-13(8-10-14)12-3-1-4-12/h2,5-12,17H,1,3-4,19H2. The summed E-state index contributed by atoms with van der Waals surface area (Å²) in [6, 6.07) is 17.0. The Kier molecular flexibility index (Phi) is 3.72. The SMILES string of the molecule is NC(c1ccc(C2CCC2)cc1)c1cccc(Br)c1. The molecule has 2 heteroatoms. The van der Waals surface area contributed by atoms with Gasteiger partial charge in [-0.15, -0.1) is 0 Å². The second-order valence-electron chi connectivity index (χ2n) is 5.33. The summed E-state index contributed by atoms with van der Waals surface area (Å²) < 4.78 is 1.08. The van der Waals surface area contributed by atoms with E-state index < -0.39 is 0 Å². The molecular formula is C17H18BrN. The van der Waals surface area contributed by atoms with Gasteiger partial charge in [0.2, 0.25) is 0 Å². The van der Waals surface area contributed by atoms with Crippen LogP contribution >= 0.6 is 15.9 Å². The zero-order valence-electron chi connectivity index (χ0n) is 10.9. The second-order valence-corrected chi connectivity index (χ2v) is 6.24. The van der Waals surface area contributed by atoms with Crippen molar-refractivity contribution in [1.82, 2.24) is 0 Å². The topological polar surface area (TPSA) is 26.0 Å². The summed E-state index contributed by atoms with van der Waals surface area (Å²) >= 11 is 3.50. The summed E-state index contributed by atoms with van der Waals surface area (Å²) in [5.41, 5.74) is 10.1. The Hall–Kier alpha value is -1.12. The van der Waals surface area contributed by atoms with Gasteiger partial charge in [-0.2, -0.15) is 0 Å². The molecule has 3 rings (SSSR count). The lowest BCUT2D eigenvalue weighted by Crippen LogP contribution is -2.13. The number of benzene rings is 2. The van der Waals surface area contributed by atoms with Crippen molar-refractivity contribution in [1.29, 1.82) is 0 Å². The summed E-state index contributed by atoms with van der Waals surface area (Å²) in [7, 11) is 0. The second kappa shape index (κ2) is 5.48. The number of rotatable bonds is 3. The van der Waals surface area contributed by atoms with Gasteiger partial charge in [0.1, 0.15) is 0 Å².